The average molecular weight is 520 g/mol. The molecule has 1 aliphatic rings. The third-order valence-electron chi connectivity index (χ3n) is 7.70. The number of furan rings is 1. The topological polar surface area (TPSA) is 68.9 Å². The Hall–Kier alpha value is -4.25. The highest BCUT2D eigenvalue weighted by molar-refractivity contribution is 6.14. The van der Waals surface area contributed by atoms with Crippen LogP contribution in [0.15, 0.2) is 88.8 Å². The first kappa shape index (κ1) is 26.4. The Bertz CT molecular complexity index is 1560. The van der Waals surface area contributed by atoms with Crippen LogP contribution in [0.5, 0.6) is 0 Å². The van der Waals surface area contributed by atoms with Gasteiger partial charge in [0.1, 0.15) is 12.0 Å². The van der Waals surface area contributed by atoms with Gasteiger partial charge in [0.25, 0.3) is 0 Å². The number of aryl methyl sites for hydroxylation is 1. The van der Waals surface area contributed by atoms with E-state index in [0.29, 0.717) is 16.8 Å². The maximum Gasteiger partial charge on any atom is 0.332 e. The number of hydrogen-bond donors (Lipinski definition) is 0. The molecule has 4 aromatic rings. The van der Waals surface area contributed by atoms with E-state index in [1.54, 1.807) is 6.07 Å². The lowest BCUT2D eigenvalue weighted by atomic mass is 9.71. The van der Waals surface area contributed by atoms with Crippen LogP contribution in [-0.2, 0) is 15.0 Å². The van der Waals surface area contributed by atoms with Gasteiger partial charge in [-0.2, -0.15) is 0 Å². The van der Waals surface area contributed by atoms with E-state index in [2.05, 4.69) is 49.3 Å². The third-order valence-corrected chi connectivity index (χ3v) is 7.70. The van der Waals surface area contributed by atoms with Crippen molar-refractivity contribution in [3.05, 3.63) is 118 Å². The van der Waals surface area contributed by atoms with Gasteiger partial charge in [0.05, 0.1) is 11.8 Å². The van der Waals surface area contributed by atoms with E-state index >= 15 is 0 Å². The maximum absolute atomic E-state index is 13.2. The third kappa shape index (κ3) is 4.74. The summed E-state index contributed by atoms with van der Waals surface area (Å²) in [7, 11) is 0. The van der Waals surface area contributed by atoms with Gasteiger partial charge in [-0.15, -0.1) is 0 Å². The second-order valence-corrected chi connectivity index (χ2v) is 10.3. The van der Waals surface area contributed by atoms with Gasteiger partial charge in [-0.1, -0.05) is 80.4 Å². The fraction of sp³-hybridized carbons (Fsp3) is 0.265. The molecular weight excluding hydrogens is 486 g/mol. The molecule has 0 amide bonds. The van der Waals surface area contributed by atoms with E-state index < -0.39 is 5.97 Å². The molecule has 0 saturated carbocycles. The van der Waals surface area contributed by atoms with Crippen molar-refractivity contribution >= 4 is 17.5 Å². The van der Waals surface area contributed by atoms with Crippen LogP contribution in [0.2, 0.25) is 0 Å². The number of fused-ring (bicyclic) bond motifs is 3. The van der Waals surface area contributed by atoms with Crippen LogP contribution in [0.25, 0.3) is 11.1 Å². The smallest absolute Gasteiger partial charge is 0.332 e. The number of ketones is 1. The van der Waals surface area contributed by atoms with Crippen LogP contribution in [0.3, 0.4) is 0 Å². The van der Waals surface area contributed by atoms with Crippen LogP contribution in [0.1, 0.15) is 90.2 Å². The first-order chi connectivity index (χ1) is 18.9. The molecule has 1 aliphatic carbocycles. The molecule has 0 atom stereocenters. The lowest BCUT2D eigenvalue weighted by Gasteiger charge is -2.32. The predicted molar refractivity (Wildman–Crippen MR) is 153 cm³/mol. The zero-order valence-electron chi connectivity index (χ0n) is 22.9. The number of carbonyl (C=O) groups excluding carboxylic acids is 2. The second-order valence-electron chi connectivity index (χ2n) is 10.3. The molecule has 0 unspecified atom stereocenters. The molecule has 0 aliphatic heterocycles. The Balaban J connectivity index is 1.69. The summed E-state index contributed by atoms with van der Waals surface area (Å²) < 4.78 is 5.17. The number of nitrogens with zero attached hydrogens (tertiary/aromatic N) is 1. The summed E-state index contributed by atoms with van der Waals surface area (Å²) in [4.78, 5) is 30.1. The molecule has 1 heterocycles. The lowest BCUT2D eigenvalue weighted by molar-refractivity contribution is -0.140. The van der Waals surface area contributed by atoms with Gasteiger partial charge in [-0.25, -0.2) is 4.79 Å². The van der Waals surface area contributed by atoms with E-state index in [1.165, 1.54) is 36.1 Å². The minimum Gasteiger partial charge on any atom is -0.472 e. The van der Waals surface area contributed by atoms with Crippen LogP contribution in [-0.4, -0.2) is 17.5 Å². The number of hydrogen-bond acceptors (Lipinski definition) is 5. The van der Waals surface area contributed by atoms with E-state index in [1.807, 2.05) is 37.3 Å². The molecule has 5 nitrogen and oxygen atoms in total. The van der Waals surface area contributed by atoms with Crippen molar-refractivity contribution in [2.45, 2.75) is 58.8 Å². The molecule has 0 saturated heterocycles. The molecular formula is C34H33NO4. The molecule has 5 rings (SSSR count). The van der Waals surface area contributed by atoms with Crippen molar-refractivity contribution in [2.75, 3.05) is 0 Å². The van der Waals surface area contributed by atoms with Gasteiger partial charge >= 0.3 is 5.97 Å². The summed E-state index contributed by atoms with van der Waals surface area (Å²) >= 11 is 0. The van der Waals surface area contributed by atoms with E-state index in [-0.39, 0.29) is 11.2 Å². The molecule has 1 aromatic heterocycles. The SMILES string of the molecule is CCCC1(CCC)c2cc(C(=O)c3ccoc3)ccc2-c2ccc(/C(=N\OC(C)=O)c3ccccc3C)cc21. The summed E-state index contributed by atoms with van der Waals surface area (Å²) in [5.41, 5.74) is 9.22. The Labute approximate surface area is 229 Å². The Morgan fingerprint density at radius 3 is 2.08 bits per heavy atom. The highest BCUT2D eigenvalue weighted by Gasteiger charge is 2.42. The monoisotopic (exact) mass is 519 g/mol. The first-order valence-electron chi connectivity index (χ1n) is 13.6. The molecule has 5 heteroatoms. The first-order valence-corrected chi connectivity index (χ1v) is 13.6. The summed E-state index contributed by atoms with van der Waals surface area (Å²) in [6.45, 7) is 7.80. The van der Waals surface area contributed by atoms with Crippen molar-refractivity contribution in [3.8, 4) is 11.1 Å². The number of rotatable bonds is 9. The number of benzene rings is 3. The molecule has 0 fully saturated rings. The van der Waals surface area contributed by atoms with Gasteiger partial charge < -0.3 is 9.25 Å². The average Bonchev–Trinajstić information content (AvgIpc) is 3.56. The van der Waals surface area contributed by atoms with Crippen LogP contribution in [0, 0.1) is 6.92 Å². The standard InChI is InChI=1S/C34H33NO4/c1-5-16-34(17-6-2)30-19-24(32(35-39-23(4)36)27-10-8-7-9-22(27)3)11-13-28(30)29-14-12-25(20-31(29)34)33(37)26-15-18-38-21-26/h7-15,18-21H,5-6,16-17H2,1-4H3/b35-32+. The highest BCUT2D eigenvalue weighted by Crippen LogP contribution is 2.54. The van der Waals surface area contributed by atoms with Crippen LogP contribution in [0.4, 0.5) is 0 Å². The molecule has 0 bridgehead atoms. The highest BCUT2D eigenvalue weighted by atomic mass is 16.7. The number of oxime groups is 1. The van der Waals surface area contributed by atoms with E-state index in [0.717, 1.165) is 47.9 Å². The van der Waals surface area contributed by atoms with Crippen molar-refractivity contribution in [1.29, 1.82) is 0 Å². The van der Waals surface area contributed by atoms with Crippen LogP contribution < -0.4 is 0 Å². The molecule has 0 radical (unpaired) electrons. The summed E-state index contributed by atoms with van der Waals surface area (Å²) in [6.07, 6.45) is 6.92. The largest absolute Gasteiger partial charge is 0.472 e. The second kappa shape index (κ2) is 10.9. The Morgan fingerprint density at radius 2 is 1.49 bits per heavy atom. The van der Waals surface area contributed by atoms with Gasteiger partial charge in [0.2, 0.25) is 0 Å². The fourth-order valence-corrected chi connectivity index (χ4v) is 6.07. The zero-order valence-corrected chi connectivity index (χ0v) is 22.9. The molecule has 39 heavy (non-hydrogen) atoms. The normalized spacial score (nSPS) is 13.6. The summed E-state index contributed by atoms with van der Waals surface area (Å²) in [5.74, 6) is -0.503. The van der Waals surface area contributed by atoms with E-state index in [9.17, 15) is 9.59 Å². The van der Waals surface area contributed by atoms with Gasteiger partial charge in [-0.3, -0.25) is 4.79 Å². The minimum atomic E-state index is -0.462. The van der Waals surface area contributed by atoms with E-state index in [4.69, 9.17) is 9.25 Å². The minimum absolute atomic E-state index is 0.0413. The maximum atomic E-state index is 13.2. The summed E-state index contributed by atoms with van der Waals surface area (Å²) in [6, 6.07) is 22.2. The van der Waals surface area contributed by atoms with Crippen molar-refractivity contribution in [3.63, 3.8) is 0 Å². The predicted octanol–water partition coefficient (Wildman–Crippen LogP) is 8.00. The van der Waals surface area contributed by atoms with Gasteiger partial charge in [-0.05, 0) is 65.8 Å². The van der Waals surface area contributed by atoms with Crippen LogP contribution >= 0.6 is 0 Å². The lowest BCUT2D eigenvalue weighted by Crippen LogP contribution is -2.25. The Kier molecular flexibility index (Phi) is 7.34. The van der Waals surface area contributed by atoms with Gasteiger partial charge in [0.15, 0.2) is 5.78 Å². The molecule has 3 aromatic carbocycles. The zero-order chi connectivity index (χ0) is 27.6. The molecule has 0 N–H and O–H groups in total. The fourth-order valence-electron chi connectivity index (χ4n) is 6.07. The van der Waals surface area contributed by atoms with Gasteiger partial charge in [0, 0.05) is 29.0 Å². The van der Waals surface area contributed by atoms with Crippen molar-refractivity contribution < 1.29 is 18.8 Å². The van der Waals surface area contributed by atoms with Crippen molar-refractivity contribution in [2.24, 2.45) is 5.16 Å². The summed E-state index contributed by atoms with van der Waals surface area (Å²) in [5, 5.41) is 4.32. The quantitative estimate of drug-likeness (QED) is 0.0972. The molecule has 198 valence electrons. The molecule has 0 spiro atoms. The number of carbonyl (C=O) groups is 2. The van der Waals surface area contributed by atoms with Crippen molar-refractivity contribution in [1.82, 2.24) is 0 Å². The Morgan fingerprint density at radius 1 is 0.846 bits per heavy atom.